The first kappa shape index (κ1) is 20.8. The second kappa shape index (κ2) is 9.54. The number of carbonyl (C=O) groups is 1. The lowest BCUT2D eigenvalue weighted by Crippen LogP contribution is -2.51. The fourth-order valence-electron chi connectivity index (χ4n) is 3.46. The number of nitrogens with zero attached hydrogens (tertiary/aromatic N) is 1. The highest BCUT2D eigenvalue weighted by Gasteiger charge is 2.37. The van der Waals surface area contributed by atoms with E-state index in [-0.39, 0.29) is 10.8 Å². The van der Waals surface area contributed by atoms with E-state index in [1.807, 2.05) is 18.2 Å². The van der Waals surface area contributed by atoms with Crippen LogP contribution < -0.4 is 5.32 Å². The molecule has 28 heavy (non-hydrogen) atoms. The maximum Gasteiger partial charge on any atom is 0.243 e. The van der Waals surface area contributed by atoms with Gasteiger partial charge >= 0.3 is 0 Å². The molecule has 0 saturated carbocycles. The van der Waals surface area contributed by atoms with E-state index in [4.69, 9.17) is 11.6 Å². The Morgan fingerprint density at radius 1 is 1.07 bits per heavy atom. The van der Waals surface area contributed by atoms with E-state index in [1.165, 1.54) is 22.0 Å². The van der Waals surface area contributed by atoms with Crippen LogP contribution in [0.15, 0.2) is 59.5 Å². The number of amides is 1. The van der Waals surface area contributed by atoms with Crippen LogP contribution in [0.3, 0.4) is 0 Å². The van der Waals surface area contributed by atoms with Gasteiger partial charge in [-0.25, -0.2) is 8.42 Å². The summed E-state index contributed by atoms with van der Waals surface area (Å²) in [5.41, 5.74) is 1.22. The van der Waals surface area contributed by atoms with Crippen LogP contribution in [0.2, 0.25) is 5.02 Å². The van der Waals surface area contributed by atoms with Gasteiger partial charge in [-0.2, -0.15) is 4.31 Å². The molecule has 0 spiro atoms. The van der Waals surface area contributed by atoms with Crippen molar-refractivity contribution in [2.45, 2.75) is 43.0 Å². The first-order valence-corrected chi connectivity index (χ1v) is 11.4. The zero-order chi connectivity index (χ0) is 20.0. The van der Waals surface area contributed by atoms with Gasteiger partial charge in [0, 0.05) is 18.1 Å². The van der Waals surface area contributed by atoms with Crippen molar-refractivity contribution in [3.63, 3.8) is 0 Å². The minimum absolute atomic E-state index is 0.167. The third-order valence-electron chi connectivity index (χ3n) is 4.96. The maximum absolute atomic E-state index is 13.0. The van der Waals surface area contributed by atoms with Gasteiger partial charge in [-0.1, -0.05) is 48.4 Å². The zero-order valence-corrected chi connectivity index (χ0v) is 17.3. The first-order chi connectivity index (χ1) is 13.5. The Kier molecular flexibility index (Phi) is 7.10. The SMILES string of the molecule is O=C(NCCCc1ccccc1)C1CCCCN1S(=O)(=O)c1ccc(Cl)cc1. The van der Waals surface area contributed by atoms with Gasteiger partial charge in [0.1, 0.15) is 6.04 Å². The number of hydrogen-bond donors (Lipinski definition) is 1. The summed E-state index contributed by atoms with van der Waals surface area (Å²) in [7, 11) is -3.73. The van der Waals surface area contributed by atoms with Crippen LogP contribution in [-0.4, -0.2) is 37.8 Å². The van der Waals surface area contributed by atoms with Crippen LogP contribution in [0, 0.1) is 0 Å². The molecular weight excluding hydrogens is 396 g/mol. The largest absolute Gasteiger partial charge is 0.355 e. The Morgan fingerprint density at radius 3 is 2.50 bits per heavy atom. The molecule has 5 nitrogen and oxygen atoms in total. The Hall–Kier alpha value is -1.89. The van der Waals surface area contributed by atoms with Gasteiger partial charge in [-0.05, 0) is 55.5 Å². The number of hydrogen-bond acceptors (Lipinski definition) is 3. The van der Waals surface area contributed by atoms with E-state index in [0.29, 0.717) is 24.5 Å². The molecule has 1 fully saturated rings. The van der Waals surface area contributed by atoms with Crippen molar-refractivity contribution in [2.75, 3.05) is 13.1 Å². The highest BCUT2D eigenvalue weighted by atomic mass is 35.5. The number of nitrogens with one attached hydrogen (secondary N) is 1. The van der Waals surface area contributed by atoms with Gasteiger partial charge in [-0.15, -0.1) is 0 Å². The topological polar surface area (TPSA) is 66.5 Å². The standard InChI is InChI=1S/C21H25ClN2O3S/c22-18-11-13-19(14-12-18)28(26,27)24-16-5-4-10-20(24)21(25)23-15-6-9-17-7-2-1-3-8-17/h1-3,7-8,11-14,20H,4-6,9-10,15-16H2,(H,23,25). The molecule has 0 bridgehead atoms. The molecule has 3 rings (SSSR count). The minimum atomic E-state index is -3.73. The predicted octanol–water partition coefficient (Wildman–Crippen LogP) is 3.63. The van der Waals surface area contributed by atoms with E-state index >= 15 is 0 Å². The molecule has 2 aromatic rings. The van der Waals surface area contributed by atoms with Gasteiger partial charge in [0.05, 0.1) is 4.90 Å². The van der Waals surface area contributed by atoms with E-state index in [9.17, 15) is 13.2 Å². The minimum Gasteiger partial charge on any atom is -0.355 e. The van der Waals surface area contributed by atoms with Crippen LogP contribution in [0.5, 0.6) is 0 Å². The van der Waals surface area contributed by atoms with Crippen LogP contribution in [0.25, 0.3) is 0 Å². The smallest absolute Gasteiger partial charge is 0.243 e. The molecule has 150 valence electrons. The summed E-state index contributed by atoms with van der Waals surface area (Å²) >= 11 is 5.87. The molecule has 2 aromatic carbocycles. The normalized spacial score (nSPS) is 18.0. The summed E-state index contributed by atoms with van der Waals surface area (Å²) in [5, 5.41) is 3.40. The fraction of sp³-hybridized carbons (Fsp3) is 0.381. The van der Waals surface area contributed by atoms with Gasteiger partial charge in [0.25, 0.3) is 0 Å². The molecule has 1 heterocycles. The molecule has 1 atom stereocenters. The number of sulfonamides is 1. The highest BCUT2D eigenvalue weighted by Crippen LogP contribution is 2.26. The summed E-state index contributed by atoms with van der Waals surface area (Å²) in [4.78, 5) is 12.9. The predicted molar refractivity (Wildman–Crippen MR) is 111 cm³/mol. The molecule has 0 radical (unpaired) electrons. The second-order valence-electron chi connectivity index (χ2n) is 6.96. The monoisotopic (exact) mass is 420 g/mol. The van der Waals surface area contributed by atoms with E-state index in [0.717, 1.165) is 25.7 Å². The van der Waals surface area contributed by atoms with Crippen molar-refractivity contribution in [3.05, 3.63) is 65.2 Å². The van der Waals surface area contributed by atoms with Crippen molar-refractivity contribution in [1.82, 2.24) is 9.62 Å². The zero-order valence-electron chi connectivity index (χ0n) is 15.7. The van der Waals surface area contributed by atoms with Crippen molar-refractivity contribution in [2.24, 2.45) is 0 Å². The van der Waals surface area contributed by atoms with Crippen LogP contribution in [0.1, 0.15) is 31.2 Å². The molecule has 1 aliphatic heterocycles. The van der Waals surface area contributed by atoms with Crippen molar-refractivity contribution < 1.29 is 13.2 Å². The molecular formula is C21H25ClN2O3S. The number of aryl methyl sites for hydroxylation is 1. The number of piperidine rings is 1. The third kappa shape index (κ3) is 5.13. The molecule has 1 saturated heterocycles. The average molecular weight is 421 g/mol. The van der Waals surface area contributed by atoms with Crippen LogP contribution >= 0.6 is 11.6 Å². The van der Waals surface area contributed by atoms with Gasteiger partial charge < -0.3 is 5.32 Å². The molecule has 0 aliphatic carbocycles. The molecule has 7 heteroatoms. The lowest BCUT2D eigenvalue weighted by atomic mass is 10.0. The van der Waals surface area contributed by atoms with Crippen LogP contribution in [0.4, 0.5) is 0 Å². The van der Waals surface area contributed by atoms with Crippen LogP contribution in [-0.2, 0) is 21.2 Å². The maximum atomic E-state index is 13.0. The molecule has 1 unspecified atom stereocenters. The van der Waals surface area contributed by atoms with Crippen molar-refractivity contribution in [3.8, 4) is 0 Å². The summed E-state index contributed by atoms with van der Waals surface area (Å²) in [6.07, 6.45) is 3.82. The van der Waals surface area contributed by atoms with Crippen molar-refractivity contribution in [1.29, 1.82) is 0 Å². The second-order valence-corrected chi connectivity index (χ2v) is 9.29. The number of halogens is 1. The van der Waals surface area contributed by atoms with E-state index in [1.54, 1.807) is 12.1 Å². The quantitative estimate of drug-likeness (QED) is 0.695. The lowest BCUT2D eigenvalue weighted by molar-refractivity contribution is -0.125. The average Bonchev–Trinajstić information content (AvgIpc) is 2.72. The number of rotatable bonds is 7. The Morgan fingerprint density at radius 2 is 1.79 bits per heavy atom. The van der Waals surface area contributed by atoms with Gasteiger partial charge in [0.15, 0.2) is 0 Å². The first-order valence-electron chi connectivity index (χ1n) is 9.57. The van der Waals surface area contributed by atoms with Gasteiger partial charge in [-0.3, -0.25) is 4.79 Å². The Labute approximate surface area is 171 Å². The third-order valence-corrected chi connectivity index (χ3v) is 7.14. The summed E-state index contributed by atoms with van der Waals surface area (Å²) < 4.78 is 27.4. The Bertz CT molecular complexity index is 886. The lowest BCUT2D eigenvalue weighted by Gasteiger charge is -2.33. The van der Waals surface area contributed by atoms with E-state index in [2.05, 4.69) is 17.4 Å². The molecule has 1 amide bonds. The van der Waals surface area contributed by atoms with Crippen molar-refractivity contribution >= 4 is 27.5 Å². The molecule has 1 N–H and O–H groups in total. The van der Waals surface area contributed by atoms with E-state index < -0.39 is 16.1 Å². The number of carbonyl (C=O) groups excluding carboxylic acids is 1. The number of benzene rings is 2. The Balaban J connectivity index is 1.62. The summed E-state index contributed by atoms with van der Waals surface area (Å²) in [6.45, 7) is 0.881. The summed E-state index contributed by atoms with van der Waals surface area (Å²) in [5.74, 6) is -0.217. The molecule has 0 aromatic heterocycles. The molecule has 1 aliphatic rings. The highest BCUT2D eigenvalue weighted by molar-refractivity contribution is 7.89. The fourth-order valence-corrected chi connectivity index (χ4v) is 5.25. The summed E-state index contributed by atoms with van der Waals surface area (Å²) in [6, 6.07) is 15.5. The van der Waals surface area contributed by atoms with Gasteiger partial charge in [0.2, 0.25) is 15.9 Å².